The van der Waals surface area contributed by atoms with Crippen molar-refractivity contribution in [2.24, 2.45) is 0 Å². The molecule has 0 aliphatic carbocycles. The standard InChI is InChI=1S/C15H16N2O2S/c1-3-10-20-15-16-13(18)12(4-2)14(19)17(15)11-8-6-5-7-9-11/h3,5-9,18H,1,4,10H2,2H3. The number of para-hydroxylation sites is 1. The van der Waals surface area contributed by atoms with E-state index in [9.17, 15) is 9.90 Å². The smallest absolute Gasteiger partial charge is 0.265 e. The second kappa shape index (κ2) is 6.43. The van der Waals surface area contributed by atoms with Gasteiger partial charge in [0.15, 0.2) is 5.16 Å². The molecule has 104 valence electrons. The molecule has 0 atom stereocenters. The first kappa shape index (κ1) is 14.4. The van der Waals surface area contributed by atoms with Crippen LogP contribution in [-0.2, 0) is 6.42 Å². The van der Waals surface area contributed by atoms with Crippen LogP contribution in [0.15, 0.2) is 52.9 Å². The summed E-state index contributed by atoms with van der Waals surface area (Å²) in [5.41, 5.74) is 0.848. The van der Waals surface area contributed by atoms with Crippen LogP contribution in [0.3, 0.4) is 0 Å². The van der Waals surface area contributed by atoms with Gasteiger partial charge in [-0.25, -0.2) is 0 Å². The van der Waals surface area contributed by atoms with Gasteiger partial charge in [-0.2, -0.15) is 4.98 Å². The summed E-state index contributed by atoms with van der Waals surface area (Å²) in [4.78, 5) is 16.7. The van der Waals surface area contributed by atoms with Gasteiger partial charge in [-0.1, -0.05) is 43.0 Å². The van der Waals surface area contributed by atoms with E-state index in [-0.39, 0.29) is 11.4 Å². The molecule has 0 aliphatic heterocycles. The molecule has 0 aliphatic rings. The van der Waals surface area contributed by atoms with Crippen LogP contribution in [0.2, 0.25) is 0 Å². The van der Waals surface area contributed by atoms with Gasteiger partial charge in [0, 0.05) is 5.75 Å². The fraction of sp³-hybridized carbons (Fsp3) is 0.200. The van der Waals surface area contributed by atoms with E-state index in [0.29, 0.717) is 22.9 Å². The molecule has 0 spiro atoms. The summed E-state index contributed by atoms with van der Waals surface area (Å²) in [6.45, 7) is 5.48. The first-order chi connectivity index (χ1) is 9.69. The highest BCUT2D eigenvalue weighted by Gasteiger charge is 2.16. The number of hydrogen-bond donors (Lipinski definition) is 1. The lowest BCUT2D eigenvalue weighted by Gasteiger charge is -2.13. The van der Waals surface area contributed by atoms with E-state index in [1.165, 1.54) is 16.3 Å². The molecule has 5 heteroatoms. The van der Waals surface area contributed by atoms with Crippen LogP contribution in [0.5, 0.6) is 5.88 Å². The largest absolute Gasteiger partial charge is 0.493 e. The Morgan fingerprint density at radius 1 is 1.40 bits per heavy atom. The highest BCUT2D eigenvalue weighted by molar-refractivity contribution is 7.99. The summed E-state index contributed by atoms with van der Waals surface area (Å²) in [5.74, 6) is 0.431. The summed E-state index contributed by atoms with van der Waals surface area (Å²) < 4.78 is 1.53. The molecule has 0 radical (unpaired) electrons. The summed E-state index contributed by atoms with van der Waals surface area (Å²) in [6, 6.07) is 9.30. The Balaban J connectivity index is 2.68. The van der Waals surface area contributed by atoms with Crippen LogP contribution in [-0.4, -0.2) is 20.4 Å². The highest BCUT2D eigenvalue weighted by Crippen LogP contribution is 2.22. The monoisotopic (exact) mass is 288 g/mol. The van der Waals surface area contributed by atoms with Crippen LogP contribution < -0.4 is 5.56 Å². The first-order valence-electron chi connectivity index (χ1n) is 6.33. The van der Waals surface area contributed by atoms with Gasteiger partial charge in [0.2, 0.25) is 5.88 Å². The van der Waals surface area contributed by atoms with Crippen molar-refractivity contribution in [1.29, 1.82) is 0 Å². The minimum absolute atomic E-state index is 0.184. The summed E-state index contributed by atoms with van der Waals surface area (Å²) in [6.07, 6.45) is 2.17. The molecule has 0 amide bonds. The third-order valence-electron chi connectivity index (χ3n) is 2.82. The Bertz CT molecular complexity index is 666. The quantitative estimate of drug-likeness (QED) is 0.522. The van der Waals surface area contributed by atoms with E-state index < -0.39 is 0 Å². The molecule has 4 nitrogen and oxygen atoms in total. The van der Waals surface area contributed by atoms with E-state index in [1.54, 1.807) is 6.08 Å². The van der Waals surface area contributed by atoms with Gasteiger partial charge in [0.25, 0.3) is 5.56 Å². The van der Waals surface area contributed by atoms with Gasteiger partial charge in [-0.05, 0) is 18.6 Å². The minimum Gasteiger partial charge on any atom is -0.493 e. The number of hydrogen-bond acceptors (Lipinski definition) is 4. The zero-order valence-corrected chi connectivity index (χ0v) is 12.1. The number of aromatic hydroxyl groups is 1. The van der Waals surface area contributed by atoms with Crippen LogP contribution in [0.4, 0.5) is 0 Å². The predicted octanol–water partition coefficient (Wildman–Crippen LogP) is 2.78. The van der Waals surface area contributed by atoms with E-state index in [1.807, 2.05) is 37.3 Å². The second-order valence-corrected chi connectivity index (χ2v) is 5.11. The fourth-order valence-corrected chi connectivity index (χ4v) is 2.61. The topological polar surface area (TPSA) is 55.1 Å². The van der Waals surface area contributed by atoms with Gasteiger partial charge < -0.3 is 5.11 Å². The minimum atomic E-state index is -0.224. The SMILES string of the molecule is C=CCSc1nc(O)c(CC)c(=O)n1-c1ccccc1. The molecule has 0 saturated heterocycles. The molecule has 1 N–H and O–H groups in total. The first-order valence-corrected chi connectivity index (χ1v) is 7.31. The lowest BCUT2D eigenvalue weighted by molar-refractivity contribution is 0.433. The fourth-order valence-electron chi connectivity index (χ4n) is 1.87. The van der Waals surface area contributed by atoms with Crippen molar-refractivity contribution in [2.45, 2.75) is 18.5 Å². The van der Waals surface area contributed by atoms with Crippen molar-refractivity contribution in [1.82, 2.24) is 9.55 Å². The van der Waals surface area contributed by atoms with Crippen molar-refractivity contribution < 1.29 is 5.11 Å². The lowest BCUT2D eigenvalue weighted by Crippen LogP contribution is -2.25. The van der Waals surface area contributed by atoms with Crippen molar-refractivity contribution >= 4 is 11.8 Å². The van der Waals surface area contributed by atoms with Crippen molar-refractivity contribution in [3.8, 4) is 11.6 Å². The molecule has 0 fully saturated rings. The Morgan fingerprint density at radius 3 is 2.70 bits per heavy atom. The normalized spacial score (nSPS) is 10.4. The Hall–Kier alpha value is -2.01. The van der Waals surface area contributed by atoms with Gasteiger partial charge in [0.1, 0.15) is 0 Å². The molecule has 20 heavy (non-hydrogen) atoms. The van der Waals surface area contributed by atoms with Crippen LogP contribution in [0.25, 0.3) is 5.69 Å². The maximum atomic E-state index is 12.5. The number of nitrogens with zero attached hydrogens (tertiary/aromatic N) is 2. The molecule has 0 bridgehead atoms. The lowest BCUT2D eigenvalue weighted by atomic mass is 10.2. The van der Waals surface area contributed by atoms with Crippen LogP contribution in [0, 0.1) is 0 Å². The van der Waals surface area contributed by atoms with Crippen molar-refractivity contribution in [2.75, 3.05) is 5.75 Å². The van der Waals surface area contributed by atoms with Crippen molar-refractivity contribution in [3.05, 3.63) is 58.9 Å². The highest BCUT2D eigenvalue weighted by atomic mass is 32.2. The number of benzene rings is 1. The maximum absolute atomic E-state index is 12.5. The molecular weight excluding hydrogens is 272 g/mol. The molecule has 2 rings (SSSR count). The Kier molecular flexibility index (Phi) is 4.63. The van der Waals surface area contributed by atoms with Gasteiger partial charge in [-0.3, -0.25) is 9.36 Å². The zero-order valence-electron chi connectivity index (χ0n) is 11.2. The number of thioether (sulfide) groups is 1. The maximum Gasteiger partial charge on any atom is 0.265 e. The average molecular weight is 288 g/mol. The molecule has 0 unspecified atom stereocenters. The number of rotatable bonds is 5. The molecule has 1 heterocycles. The van der Waals surface area contributed by atoms with Crippen LogP contribution >= 0.6 is 11.8 Å². The Morgan fingerprint density at radius 2 is 2.10 bits per heavy atom. The third kappa shape index (κ3) is 2.77. The average Bonchev–Trinajstić information content (AvgIpc) is 2.46. The summed E-state index contributed by atoms with van der Waals surface area (Å²) in [5, 5.41) is 10.3. The van der Waals surface area contributed by atoms with Crippen molar-refractivity contribution in [3.63, 3.8) is 0 Å². The molecule has 2 aromatic rings. The van der Waals surface area contributed by atoms with E-state index in [2.05, 4.69) is 11.6 Å². The van der Waals surface area contributed by atoms with Crippen LogP contribution in [0.1, 0.15) is 12.5 Å². The predicted molar refractivity (Wildman–Crippen MR) is 81.8 cm³/mol. The van der Waals surface area contributed by atoms with Gasteiger partial charge in [-0.15, -0.1) is 6.58 Å². The third-order valence-corrected chi connectivity index (χ3v) is 3.76. The summed E-state index contributed by atoms with van der Waals surface area (Å²) in [7, 11) is 0. The zero-order chi connectivity index (χ0) is 14.5. The molecular formula is C15H16N2O2S. The second-order valence-electron chi connectivity index (χ2n) is 4.13. The van der Waals surface area contributed by atoms with E-state index in [0.717, 1.165) is 5.69 Å². The molecule has 1 aromatic carbocycles. The number of aromatic nitrogens is 2. The van der Waals surface area contributed by atoms with E-state index >= 15 is 0 Å². The Labute approximate surface area is 121 Å². The van der Waals surface area contributed by atoms with Gasteiger partial charge in [0.05, 0.1) is 11.3 Å². The van der Waals surface area contributed by atoms with Gasteiger partial charge >= 0.3 is 0 Å². The van der Waals surface area contributed by atoms with E-state index in [4.69, 9.17) is 0 Å². The molecule has 1 aromatic heterocycles. The molecule has 0 saturated carbocycles. The summed E-state index contributed by atoms with van der Waals surface area (Å²) >= 11 is 1.36.